The van der Waals surface area contributed by atoms with Crippen molar-refractivity contribution in [3.8, 4) is 0 Å². The van der Waals surface area contributed by atoms with Crippen molar-refractivity contribution in [2.24, 2.45) is 5.73 Å². The summed E-state index contributed by atoms with van der Waals surface area (Å²) in [5.74, 6) is 0. The molecule has 0 amide bonds. The third kappa shape index (κ3) is 5.76. The normalized spacial score (nSPS) is 15.7. The molecule has 0 aromatic heterocycles. The number of aliphatic hydroxyl groups is 1. The third-order valence-corrected chi connectivity index (χ3v) is 0.762. The lowest BCUT2D eigenvalue weighted by Gasteiger charge is -2.23. The second-order valence-electron chi connectivity index (χ2n) is 2.71. The first-order valence-electron chi connectivity index (χ1n) is 3.03. The van der Waals surface area contributed by atoms with Gasteiger partial charge in [-0.3, -0.25) is 0 Å². The van der Waals surface area contributed by atoms with Gasteiger partial charge in [-0.15, -0.1) is 0 Å². The predicted octanol–water partition coefficient (Wildman–Crippen LogP) is 0.0786. The summed E-state index contributed by atoms with van der Waals surface area (Å²) in [4.78, 5) is 0. The van der Waals surface area contributed by atoms with Crippen LogP contribution in [0.25, 0.3) is 0 Å². The lowest BCUT2D eigenvalue weighted by atomic mass is 10.3. The van der Waals surface area contributed by atoms with Gasteiger partial charge in [0, 0.05) is 0 Å². The Hall–Kier alpha value is -0.120. The van der Waals surface area contributed by atoms with Crippen LogP contribution in [0.5, 0.6) is 0 Å². The minimum Gasteiger partial charge on any atom is -0.394 e. The van der Waals surface area contributed by atoms with E-state index in [1.807, 2.05) is 0 Å². The molecule has 0 spiro atoms. The molecule has 0 radical (unpaired) electrons. The van der Waals surface area contributed by atoms with Gasteiger partial charge in [0.2, 0.25) is 0 Å². The van der Waals surface area contributed by atoms with E-state index < -0.39 is 5.72 Å². The van der Waals surface area contributed by atoms with E-state index in [0.29, 0.717) is 0 Å². The summed E-state index contributed by atoms with van der Waals surface area (Å²) >= 11 is 0. The minimum absolute atomic E-state index is 0.0145. The van der Waals surface area contributed by atoms with Crippen molar-refractivity contribution in [1.29, 1.82) is 0 Å². The van der Waals surface area contributed by atoms with Crippen LogP contribution < -0.4 is 5.73 Å². The van der Waals surface area contributed by atoms with E-state index >= 15 is 0 Å². The van der Waals surface area contributed by atoms with Gasteiger partial charge in [0.15, 0.2) is 0 Å². The number of hydrogen-bond acceptors (Lipinski definition) is 3. The van der Waals surface area contributed by atoms with Crippen molar-refractivity contribution < 1.29 is 9.84 Å². The standard InChI is InChI=1S/C6H15NO2/c1-5(4-8)9-6(2,3)7/h5,8H,4,7H2,1-3H3/t5-/m0/s1. The van der Waals surface area contributed by atoms with Gasteiger partial charge in [-0.05, 0) is 20.8 Å². The molecule has 0 aliphatic heterocycles. The van der Waals surface area contributed by atoms with Crippen LogP contribution >= 0.6 is 0 Å². The topological polar surface area (TPSA) is 55.5 Å². The molecule has 0 aliphatic rings. The number of hydrogen-bond donors (Lipinski definition) is 2. The Balaban J connectivity index is 3.47. The molecule has 3 heteroatoms. The van der Waals surface area contributed by atoms with Crippen molar-refractivity contribution >= 4 is 0 Å². The molecule has 0 fully saturated rings. The van der Waals surface area contributed by atoms with Gasteiger partial charge in [-0.1, -0.05) is 0 Å². The molecule has 0 saturated heterocycles. The fraction of sp³-hybridized carbons (Fsp3) is 1.00. The highest BCUT2D eigenvalue weighted by Crippen LogP contribution is 2.02. The zero-order valence-corrected chi connectivity index (χ0v) is 6.22. The first-order chi connectivity index (χ1) is 3.95. The van der Waals surface area contributed by atoms with Gasteiger partial charge in [0.05, 0.1) is 12.7 Å². The first-order valence-corrected chi connectivity index (χ1v) is 3.03. The van der Waals surface area contributed by atoms with Crippen molar-refractivity contribution in [2.75, 3.05) is 6.61 Å². The molecule has 56 valence electrons. The van der Waals surface area contributed by atoms with Crippen molar-refractivity contribution in [1.82, 2.24) is 0 Å². The molecule has 0 aliphatic carbocycles. The smallest absolute Gasteiger partial charge is 0.111 e. The van der Waals surface area contributed by atoms with E-state index in [1.165, 1.54) is 0 Å². The van der Waals surface area contributed by atoms with Crippen molar-refractivity contribution in [2.45, 2.75) is 32.6 Å². The van der Waals surface area contributed by atoms with Crippen LogP contribution in [0.4, 0.5) is 0 Å². The van der Waals surface area contributed by atoms with Gasteiger partial charge in [0.25, 0.3) is 0 Å². The average Bonchev–Trinajstić information content (AvgIpc) is 1.62. The maximum absolute atomic E-state index is 8.52. The number of aliphatic hydroxyl groups excluding tert-OH is 1. The highest BCUT2D eigenvalue weighted by atomic mass is 16.5. The van der Waals surface area contributed by atoms with E-state index in [0.717, 1.165) is 0 Å². The summed E-state index contributed by atoms with van der Waals surface area (Å²) in [5.41, 5.74) is 4.84. The summed E-state index contributed by atoms with van der Waals surface area (Å²) in [6.45, 7) is 5.29. The maximum Gasteiger partial charge on any atom is 0.111 e. The molecule has 3 N–H and O–H groups in total. The molecule has 0 aromatic carbocycles. The van der Waals surface area contributed by atoms with Crippen LogP contribution in [-0.4, -0.2) is 23.5 Å². The van der Waals surface area contributed by atoms with E-state index in [-0.39, 0.29) is 12.7 Å². The first kappa shape index (κ1) is 8.88. The largest absolute Gasteiger partial charge is 0.394 e. The third-order valence-electron chi connectivity index (χ3n) is 0.762. The summed E-state index contributed by atoms with van der Waals surface area (Å²) in [6.07, 6.45) is -0.176. The molecule has 0 rings (SSSR count). The quantitative estimate of drug-likeness (QED) is 0.536. The number of ether oxygens (including phenoxy) is 1. The highest BCUT2D eigenvalue weighted by molar-refractivity contribution is 4.59. The van der Waals surface area contributed by atoms with Gasteiger partial charge >= 0.3 is 0 Å². The van der Waals surface area contributed by atoms with Crippen LogP contribution in [0, 0.1) is 0 Å². The van der Waals surface area contributed by atoms with E-state index in [4.69, 9.17) is 15.6 Å². The van der Waals surface area contributed by atoms with Crippen LogP contribution in [-0.2, 0) is 4.74 Å². The fourth-order valence-electron chi connectivity index (χ4n) is 0.556. The molecular formula is C6H15NO2. The Morgan fingerprint density at radius 2 is 2.11 bits per heavy atom. The van der Waals surface area contributed by atoms with E-state index in [9.17, 15) is 0 Å². The Kier molecular flexibility index (Phi) is 3.11. The number of rotatable bonds is 3. The lowest BCUT2D eigenvalue weighted by Crippen LogP contribution is -2.39. The zero-order valence-electron chi connectivity index (χ0n) is 6.22. The molecule has 0 heterocycles. The van der Waals surface area contributed by atoms with Crippen LogP contribution in [0.15, 0.2) is 0 Å². The summed E-state index contributed by atoms with van der Waals surface area (Å²) in [7, 11) is 0. The summed E-state index contributed by atoms with van der Waals surface area (Å²) in [6, 6.07) is 0. The predicted molar refractivity (Wildman–Crippen MR) is 35.9 cm³/mol. The Morgan fingerprint density at radius 3 is 2.22 bits per heavy atom. The molecular weight excluding hydrogens is 118 g/mol. The van der Waals surface area contributed by atoms with Crippen LogP contribution in [0.1, 0.15) is 20.8 Å². The van der Waals surface area contributed by atoms with Gasteiger partial charge < -0.3 is 15.6 Å². The van der Waals surface area contributed by atoms with Crippen molar-refractivity contribution in [3.05, 3.63) is 0 Å². The molecule has 0 unspecified atom stereocenters. The average molecular weight is 133 g/mol. The van der Waals surface area contributed by atoms with Crippen molar-refractivity contribution in [3.63, 3.8) is 0 Å². The minimum atomic E-state index is -0.637. The van der Waals surface area contributed by atoms with Gasteiger partial charge in [-0.2, -0.15) is 0 Å². The monoisotopic (exact) mass is 133 g/mol. The van der Waals surface area contributed by atoms with Crippen LogP contribution in [0.3, 0.4) is 0 Å². The zero-order chi connectivity index (χ0) is 7.49. The summed E-state index contributed by atoms with van der Waals surface area (Å²) < 4.78 is 5.11. The maximum atomic E-state index is 8.52. The highest BCUT2D eigenvalue weighted by Gasteiger charge is 2.13. The lowest BCUT2D eigenvalue weighted by molar-refractivity contribution is -0.0780. The van der Waals surface area contributed by atoms with E-state index in [1.54, 1.807) is 20.8 Å². The molecule has 1 atom stereocenters. The Labute approximate surface area is 55.8 Å². The second-order valence-corrected chi connectivity index (χ2v) is 2.71. The Morgan fingerprint density at radius 1 is 1.67 bits per heavy atom. The molecule has 0 saturated carbocycles. The van der Waals surface area contributed by atoms with Gasteiger partial charge in [-0.25, -0.2) is 0 Å². The van der Waals surface area contributed by atoms with E-state index in [2.05, 4.69) is 0 Å². The molecule has 0 aromatic rings. The molecule has 3 nitrogen and oxygen atoms in total. The van der Waals surface area contributed by atoms with Crippen LogP contribution in [0.2, 0.25) is 0 Å². The molecule has 9 heavy (non-hydrogen) atoms. The summed E-state index contributed by atoms with van der Waals surface area (Å²) in [5, 5.41) is 8.52. The second kappa shape index (κ2) is 3.15. The fourth-order valence-corrected chi connectivity index (χ4v) is 0.556. The number of nitrogens with two attached hydrogens (primary N) is 1. The van der Waals surface area contributed by atoms with Gasteiger partial charge in [0.1, 0.15) is 5.72 Å². The molecule has 0 bridgehead atoms. The SMILES string of the molecule is C[C@@H](CO)OC(C)(C)N. The Bertz CT molecular complexity index is 77.6.